The molecule has 0 aliphatic carbocycles. The zero-order chi connectivity index (χ0) is 17.2. The lowest BCUT2D eigenvalue weighted by atomic mass is 9.95. The fraction of sp³-hybridized carbons (Fsp3) is 0.286. The zero-order valence-electron chi connectivity index (χ0n) is 15.0. The van der Waals surface area contributed by atoms with E-state index in [0.717, 1.165) is 28.9 Å². The van der Waals surface area contributed by atoms with Gasteiger partial charge in [0.05, 0.1) is 11.1 Å². The quantitative estimate of drug-likeness (QED) is 0.758. The first kappa shape index (κ1) is 15.3. The fourth-order valence-corrected chi connectivity index (χ4v) is 4.43. The third-order valence-electron chi connectivity index (χ3n) is 5.62. The molecule has 0 radical (unpaired) electrons. The molecule has 2 aliphatic heterocycles. The van der Waals surface area contributed by atoms with Crippen molar-refractivity contribution in [1.82, 2.24) is 9.60 Å². The first-order chi connectivity index (χ1) is 11.5. The van der Waals surface area contributed by atoms with Crippen LogP contribution in [-0.2, 0) is 0 Å². The highest BCUT2D eigenvalue weighted by Gasteiger charge is 2.61. The van der Waals surface area contributed by atoms with Gasteiger partial charge in [-0.2, -0.15) is 0 Å². The molecule has 2 heterocycles. The predicted molar refractivity (Wildman–Crippen MR) is 99.3 cm³/mol. The number of hydrogen-bond donors (Lipinski definition) is 0. The van der Waals surface area contributed by atoms with Gasteiger partial charge in [-0.1, -0.05) is 25.1 Å². The number of hydrogen-bond acceptors (Lipinski definition) is 2. The van der Waals surface area contributed by atoms with E-state index in [2.05, 4.69) is 44.0 Å². The van der Waals surface area contributed by atoms with E-state index in [1.165, 1.54) is 22.3 Å². The van der Waals surface area contributed by atoms with Crippen molar-refractivity contribution < 1.29 is 4.79 Å². The van der Waals surface area contributed by atoms with Gasteiger partial charge in [0, 0.05) is 30.8 Å². The van der Waals surface area contributed by atoms with Gasteiger partial charge in [-0.15, -0.1) is 9.60 Å². The molecule has 0 saturated heterocycles. The van der Waals surface area contributed by atoms with Crippen LogP contribution in [0.1, 0.15) is 46.0 Å². The van der Waals surface area contributed by atoms with Crippen LogP contribution in [0.4, 0.5) is 5.69 Å². The van der Waals surface area contributed by atoms with Crippen LogP contribution in [0.15, 0.2) is 36.4 Å². The second-order valence-corrected chi connectivity index (χ2v) is 6.92. The van der Waals surface area contributed by atoms with E-state index in [1.54, 1.807) is 0 Å². The summed E-state index contributed by atoms with van der Waals surface area (Å²) in [6.07, 6.45) is 0.917. The van der Waals surface area contributed by atoms with Crippen LogP contribution in [0.3, 0.4) is 0 Å². The summed E-state index contributed by atoms with van der Waals surface area (Å²) in [5.41, 5.74) is 9.16. The Labute approximate surface area is 143 Å². The molecule has 0 aromatic heterocycles. The average molecular weight is 319 g/mol. The maximum atomic E-state index is 13.6. The molecule has 122 valence electrons. The summed E-state index contributed by atoms with van der Waals surface area (Å²) >= 11 is 0. The fourth-order valence-electron chi connectivity index (χ4n) is 4.43. The average Bonchev–Trinajstić information content (AvgIpc) is 3.01. The number of aryl methyl sites for hydroxylation is 1. The molecule has 24 heavy (non-hydrogen) atoms. The lowest BCUT2D eigenvalue weighted by molar-refractivity contribution is 0.0544. The van der Waals surface area contributed by atoms with Crippen molar-refractivity contribution in [2.24, 2.45) is 0 Å². The molecule has 3 heteroatoms. The standard InChI is InChI=1S/C21H23N2O/c1-6-15-17-12-11-13(2)14(3)19(17)23(22(4)5)20(15)16-9-7-8-10-18(16)21(23)24/h7-12H,6H2,1-5H3/q+1. The second kappa shape index (κ2) is 4.88. The Kier molecular flexibility index (Phi) is 3.11. The Hall–Kier alpha value is -2.23. The van der Waals surface area contributed by atoms with Crippen molar-refractivity contribution >= 4 is 22.9 Å². The number of carbonyl (C=O) groups is 1. The molecule has 1 unspecified atom stereocenters. The predicted octanol–water partition coefficient (Wildman–Crippen LogP) is 4.53. The van der Waals surface area contributed by atoms with Gasteiger partial charge in [0.25, 0.3) is 0 Å². The van der Waals surface area contributed by atoms with Crippen molar-refractivity contribution in [3.63, 3.8) is 0 Å². The topological polar surface area (TPSA) is 20.3 Å². The molecule has 4 rings (SSSR count). The monoisotopic (exact) mass is 319 g/mol. The van der Waals surface area contributed by atoms with Gasteiger partial charge in [-0.25, -0.2) is 4.79 Å². The third kappa shape index (κ3) is 1.52. The van der Waals surface area contributed by atoms with Crippen LogP contribution in [0.2, 0.25) is 0 Å². The van der Waals surface area contributed by atoms with Crippen LogP contribution in [-0.4, -0.2) is 25.0 Å². The van der Waals surface area contributed by atoms with E-state index in [-0.39, 0.29) is 10.5 Å². The van der Waals surface area contributed by atoms with Gasteiger partial charge in [-0.05, 0) is 44.0 Å². The SMILES string of the molecule is CCC1=C2c3ccccc3C(=O)[N+]2(N(C)C)c2c1ccc(C)c2C. The molecule has 1 amide bonds. The van der Waals surface area contributed by atoms with E-state index < -0.39 is 0 Å². The Balaban J connectivity index is 2.21. The van der Waals surface area contributed by atoms with Crippen LogP contribution in [0, 0.1) is 13.8 Å². The molecule has 0 saturated carbocycles. The molecule has 0 bridgehead atoms. The van der Waals surface area contributed by atoms with E-state index >= 15 is 0 Å². The Morgan fingerprint density at radius 1 is 0.958 bits per heavy atom. The molecule has 0 fully saturated rings. The highest BCUT2D eigenvalue weighted by atomic mass is 16.2. The summed E-state index contributed by atoms with van der Waals surface area (Å²) in [6, 6.07) is 12.4. The third-order valence-corrected chi connectivity index (χ3v) is 5.62. The first-order valence-electron chi connectivity index (χ1n) is 8.52. The summed E-state index contributed by atoms with van der Waals surface area (Å²) in [6.45, 7) is 6.45. The minimum absolute atomic E-state index is 0.156. The van der Waals surface area contributed by atoms with Gasteiger partial charge in [0.15, 0.2) is 11.4 Å². The lowest BCUT2D eigenvalue weighted by Crippen LogP contribution is -2.57. The van der Waals surface area contributed by atoms with E-state index in [4.69, 9.17) is 0 Å². The lowest BCUT2D eigenvalue weighted by Gasteiger charge is -2.35. The van der Waals surface area contributed by atoms with Gasteiger partial charge >= 0.3 is 5.91 Å². The molecule has 0 N–H and O–H groups in total. The molecular formula is C21H23N2O+. The maximum Gasteiger partial charge on any atom is 0.376 e. The van der Waals surface area contributed by atoms with Crippen LogP contribution >= 0.6 is 0 Å². The molecule has 1 atom stereocenters. The minimum Gasteiger partial charge on any atom is -0.222 e. The number of allylic oxidation sites excluding steroid dienone is 1. The number of nitrogens with zero attached hydrogens (tertiary/aromatic N) is 2. The smallest absolute Gasteiger partial charge is 0.222 e. The van der Waals surface area contributed by atoms with Crippen molar-refractivity contribution in [3.05, 3.63) is 64.2 Å². The number of fused-ring (bicyclic) bond motifs is 5. The number of benzene rings is 2. The maximum absolute atomic E-state index is 13.6. The number of amides is 1. The van der Waals surface area contributed by atoms with Crippen molar-refractivity contribution in [2.45, 2.75) is 27.2 Å². The van der Waals surface area contributed by atoms with Gasteiger partial charge in [-0.3, -0.25) is 0 Å². The summed E-state index contributed by atoms with van der Waals surface area (Å²) in [7, 11) is 4.02. The number of carbonyl (C=O) groups excluding carboxylic acids is 1. The highest BCUT2D eigenvalue weighted by Crippen LogP contribution is 2.57. The summed E-state index contributed by atoms with van der Waals surface area (Å²) in [5.74, 6) is 0.156. The normalized spacial score (nSPS) is 21.3. The molecule has 0 spiro atoms. The molecule has 2 aromatic carbocycles. The molecule has 2 aromatic rings. The van der Waals surface area contributed by atoms with Gasteiger partial charge in [0.2, 0.25) is 0 Å². The summed E-state index contributed by atoms with van der Waals surface area (Å²) < 4.78 is 0.200. The highest BCUT2D eigenvalue weighted by molar-refractivity contribution is 6.25. The van der Waals surface area contributed by atoms with Crippen molar-refractivity contribution in [1.29, 1.82) is 0 Å². The zero-order valence-corrected chi connectivity index (χ0v) is 15.0. The second-order valence-electron chi connectivity index (χ2n) is 6.92. The first-order valence-corrected chi connectivity index (χ1v) is 8.52. The number of rotatable bonds is 2. The van der Waals surface area contributed by atoms with E-state index in [1.807, 2.05) is 32.3 Å². The summed E-state index contributed by atoms with van der Waals surface area (Å²) in [5, 5.41) is 2.06. The molecule has 2 aliphatic rings. The van der Waals surface area contributed by atoms with E-state index in [0.29, 0.717) is 0 Å². The largest absolute Gasteiger partial charge is 0.376 e. The Bertz CT molecular complexity index is 923. The summed E-state index contributed by atoms with van der Waals surface area (Å²) in [4.78, 5) is 13.6. The van der Waals surface area contributed by atoms with Crippen LogP contribution in [0.5, 0.6) is 0 Å². The van der Waals surface area contributed by atoms with Crippen molar-refractivity contribution in [3.8, 4) is 0 Å². The Morgan fingerprint density at radius 3 is 2.25 bits per heavy atom. The molecule has 3 nitrogen and oxygen atoms in total. The van der Waals surface area contributed by atoms with Crippen molar-refractivity contribution in [2.75, 3.05) is 14.1 Å². The number of quaternary nitrogens is 1. The molecular weight excluding hydrogens is 296 g/mol. The minimum atomic E-state index is 0.156. The Morgan fingerprint density at radius 2 is 1.62 bits per heavy atom. The van der Waals surface area contributed by atoms with Crippen LogP contribution < -0.4 is 4.59 Å². The van der Waals surface area contributed by atoms with Gasteiger partial charge < -0.3 is 0 Å². The van der Waals surface area contributed by atoms with Gasteiger partial charge in [0.1, 0.15) is 0 Å². The van der Waals surface area contributed by atoms with Crippen LogP contribution in [0.25, 0.3) is 11.3 Å². The van der Waals surface area contributed by atoms with E-state index in [9.17, 15) is 4.79 Å².